The van der Waals surface area contributed by atoms with E-state index in [1.165, 1.54) is 12.1 Å². The molecule has 0 aliphatic rings. The molecule has 2 aromatic carbocycles. The van der Waals surface area contributed by atoms with Crippen LogP contribution in [0.5, 0.6) is 0 Å². The summed E-state index contributed by atoms with van der Waals surface area (Å²) in [6.45, 7) is 0. The number of rotatable bonds is 5. The first-order chi connectivity index (χ1) is 14.5. The van der Waals surface area contributed by atoms with Crippen LogP contribution in [0.4, 0.5) is 22.0 Å². The molecule has 0 bridgehead atoms. The third kappa shape index (κ3) is 4.82. The molecule has 3 rings (SSSR count). The summed E-state index contributed by atoms with van der Waals surface area (Å²) >= 11 is 3.17. The van der Waals surface area contributed by atoms with Crippen LogP contribution in [-0.2, 0) is 17.4 Å². The Bertz CT molecular complexity index is 1160. The average Bonchev–Trinajstić information content (AvgIpc) is 2.68. The Morgan fingerprint density at radius 1 is 1.13 bits per heavy atom. The second kappa shape index (κ2) is 8.58. The van der Waals surface area contributed by atoms with Crippen molar-refractivity contribution in [3.05, 3.63) is 75.4 Å². The standard InChI is InChI=1S/C20H12BrF5N2O3/c21-12-5-4-9(11-7-10(20(24,25)26)8-27-17(11)12)6-15(19(30)31)28-18(29)16-13(22)2-1-3-14(16)23/h1-5,7-8,15H,6H2,(H,28,29)(H,30,31). The molecule has 0 aliphatic heterocycles. The maximum atomic E-state index is 13.8. The fourth-order valence-electron chi connectivity index (χ4n) is 2.94. The van der Waals surface area contributed by atoms with Crippen LogP contribution in [0.2, 0.25) is 0 Å². The highest BCUT2D eigenvalue weighted by Crippen LogP contribution is 2.33. The van der Waals surface area contributed by atoms with Gasteiger partial charge in [-0.05, 0) is 45.8 Å². The van der Waals surface area contributed by atoms with Gasteiger partial charge in [0.1, 0.15) is 23.2 Å². The molecule has 1 unspecified atom stereocenters. The predicted octanol–water partition coefficient (Wildman–Crippen LogP) is 4.72. The third-order valence-electron chi connectivity index (χ3n) is 4.44. The van der Waals surface area contributed by atoms with E-state index < -0.39 is 53.3 Å². The zero-order valence-electron chi connectivity index (χ0n) is 15.3. The molecule has 0 saturated carbocycles. The number of carboxylic acids is 1. The van der Waals surface area contributed by atoms with Crippen molar-refractivity contribution in [3.63, 3.8) is 0 Å². The number of halogens is 6. The van der Waals surface area contributed by atoms with Gasteiger partial charge in [-0.3, -0.25) is 9.78 Å². The van der Waals surface area contributed by atoms with Gasteiger partial charge < -0.3 is 10.4 Å². The number of fused-ring (bicyclic) bond motifs is 1. The number of carbonyl (C=O) groups is 2. The van der Waals surface area contributed by atoms with E-state index in [0.717, 1.165) is 24.3 Å². The summed E-state index contributed by atoms with van der Waals surface area (Å²) in [5.41, 5.74) is -1.71. The second-order valence-electron chi connectivity index (χ2n) is 6.49. The van der Waals surface area contributed by atoms with Gasteiger partial charge in [-0.25, -0.2) is 13.6 Å². The quantitative estimate of drug-likeness (QED) is 0.495. The van der Waals surface area contributed by atoms with Crippen LogP contribution < -0.4 is 5.32 Å². The van der Waals surface area contributed by atoms with Gasteiger partial charge in [0.2, 0.25) is 0 Å². The van der Waals surface area contributed by atoms with Crippen molar-refractivity contribution >= 4 is 38.7 Å². The molecule has 31 heavy (non-hydrogen) atoms. The molecule has 0 aliphatic carbocycles. The molecule has 0 radical (unpaired) electrons. The number of nitrogens with zero attached hydrogens (tertiary/aromatic N) is 1. The van der Waals surface area contributed by atoms with Crippen molar-refractivity contribution in [2.24, 2.45) is 0 Å². The molecule has 162 valence electrons. The molecule has 1 amide bonds. The number of hydrogen-bond donors (Lipinski definition) is 2. The van der Waals surface area contributed by atoms with Crippen LogP contribution >= 0.6 is 15.9 Å². The first-order valence-electron chi connectivity index (χ1n) is 8.61. The number of pyridine rings is 1. The Kier molecular flexibility index (Phi) is 6.25. The number of aliphatic carboxylic acids is 1. The second-order valence-corrected chi connectivity index (χ2v) is 7.34. The van der Waals surface area contributed by atoms with Gasteiger partial charge >= 0.3 is 12.1 Å². The zero-order chi connectivity index (χ0) is 22.9. The molecule has 0 saturated heterocycles. The highest BCUT2D eigenvalue weighted by molar-refractivity contribution is 9.10. The Hall–Kier alpha value is -3.08. The molecule has 5 nitrogen and oxygen atoms in total. The number of carboxylic acid groups (broad SMARTS) is 1. The van der Waals surface area contributed by atoms with Crippen LogP contribution in [0, 0.1) is 11.6 Å². The number of nitrogens with one attached hydrogen (secondary N) is 1. The molecule has 2 N–H and O–H groups in total. The van der Waals surface area contributed by atoms with E-state index in [1.807, 2.05) is 5.32 Å². The molecule has 0 spiro atoms. The van der Waals surface area contributed by atoms with Gasteiger partial charge in [-0.15, -0.1) is 0 Å². The predicted molar refractivity (Wildman–Crippen MR) is 103 cm³/mol. The maximum Gasteiger partial charge on any atom is 0.417 e. The summed E-state index contributed by atoms with van der Waals surface area (Å²) in [7, 11) is 0. The monoisotopic (exact) mass is 502 g/mol. The Morgan fingerprint density at radius 2 is 1.77 bits per heavy atom. The van der Waals surface area contributed by atoms with Crippen molar-refractivity contribution in [3.8, 4) is 0 Å². The van der Waals surface area contributed by atoms with Gasteiger partial charge in [-0.2, -0.15) is 13.2 Å². The minimum absolute atomic E-state index is 0.0155. The van der Waals surface area contributed by atoms with Gasteiger partial charge in [0, 0.05) is 22.5 Å². The van der Waals surface area contributed by atoms with Crippen molar-refractivity contribution in [2.45, 2.75) is 18.6 Å². The number of amides is 1. The van der Waals surface area contributed by atoms with E-state index in [4.69, 9.17) is 0 Å². The topological polar surface area (TPSA) is 79.3 Å². The largest absolute Gasteiger partial charge is 0.480 e. The smallest absolute Gasteiger partial charge is 0.417 e. The van der Waals surface area contributed by atoms with E-state index in [2.05, 4.69) is 20.9 Å². The summed E-state index contributed by atoms with van der Waals surface area (Å²) in [6, 6.07) is 4.69. The molecule has 11 heteroatoms. The van der Waals surface area contributed by atoms with Crippen LogP contribution in [0.15, 0.2) is 47.1 Å². The normalized spacial score (nSPS) is 12.6. The highest BCUT2D eigenvalue weighted by Gasteiger charge is 2.32. The lowest BCUT2D eigenvalue weighted by atomic mass is 9.99. The molecule has 1 heterocycles. The number of hydrogen-bond acceptors (Lipinski definition) is 3. The molecular weight excluding hydrogens is 491 g/mol. The Labute approximate surface area is 180 Å². The fourth-order valence-corrected chi connectivity index (χ4v) is 3.39. The van der Waals surface area contributed by atoms with Crippen molar-refractivity contribution in [2.75, 3.05) is 0 Å². The molecule has 0 fully saturated rings. The van der Waals surface area contributed by atoms with E-state index in [0.29, 0.717) is 10.7 Å². The number of carbonyl (C=O) groups excluding carboxylic acids is 1. The zero-order valence-corrected chi connectivity index (χ0v) is 16.9. The Morgan fingerprint density at radius 3 is 2.35 bits per heavy atom. The van der Waals surface area contributed by atoms with Gasteiger partial charge in [0.15, 0.2) is 0 Å². The first kappa shape index (κ1) is 22.6. The number of aromatic nitrogens is 1. The third-order valence-corrected chi connectivity index (χ3v) is 5.08. The summed E-state index contributed by atoms with van der Waals surface area (Å²) in [5.74, 6) is -5.22. The SMILES string of the molecule is O=C(NC(Cc1ccc(Br)c2ncc(C(F)(F)F)cc12)C(=O)O)c1c(F)cccc1F. The molecule has 1 atom stereocenters. The highest BCUT2D eigenvalue weighted by atomic mass is 79.9. The molecule has 3 aromatic rings. The van der Waals surface area contributed by atoms with Gasteiger partial charge in [0.05, 0.1) is 11.1 Å². The molecule has 1 aromatic heterocycles. The summed E-state index contributed by atoms with van der Waals surface area (Å²) in [5, 5.41) is 11.5. The lowest BCUT2D eigenvalue weighted by Gasteiger charge is -2.17. The minimum Gasteiger partial charge on any atom is -0.480 e. The average molecular weight is 503 g/mol. The van der Waals surface area contributed by atoms with E-state index >= 15 is 0 Å². The van der Waals surface area contributed by atoms with Gasteiger partial charge in [-0.1, -0.05) is 12.1 Å². The number of alkyl halides is 3. The van der Waals surface area contributed by atoms with Crippen molar-refractivity contribution in [1.82, 2.24) is 10.3 Å². The van der Waals surface area contributed by atoms with E-state index in [1.54, 1.807) is 0 Å². The lowest BCUT2D eigenvalue weighted by Crippen LogP contribution is -2.43. The van der Waals surface area contributed by atoms with Crippen LogP contribution in [0.3, 0.4) is 0 Å². The summed E-state index contributed by atoms with van der Waals surface area (Å²) in [4.78, 5) is 27.7. The van der Waals surface area contributed by atoms with Crippen molar-refractivity contribution < 1.29 is 36.6 Å². The number of benzene rings is 2. The van der Waals surface area contributed by atoms with Gasteiger partial charge in [0.25, 0.3) is 5.91 Å². The first-order valence-corrected chi connectivity index (χ1v) is 9.40. The maximum absolute atomic E-state index is 13.8. The van der Waals surface area contributed by atoms with Crippen LogP contribution in [-0.4, -0.2) is 28.0 Å². The van der Waals surface area contributed by atoms with Crippen LogP contribution in [0.25, 0.3) is 10.9 Å². The lowest BCUT2D eigenvalue weighted by molar-refractivity contribution is -0.139. The van der Waals surface area contributed by atoms with E-state index in [-0.39, 0.29) is 16.5 Å². The fraction of sp³-hybridized carbons (Fsp3) is 0.150. The van der Waals surface area contributed by atoms with Crippen LogP contribution in [0.1, 0.15) is 21.5 Å². The molecular formula is C20H12BrF5N2O3. The van der Waals surface area contributed by atoms with Crippen molar-refractivity contribution in [1.29, 1.82) is 0 Å². The Balaban J connectivity index is 1.99. The van der Waals surface area contributed by atoms with E-state index in [9.17, 15) is 36.6 Å². The summed E-state index contributed by atoms with van der Waals surface area (Å²) in [6.07, 6.45) is -4.48. The minimum atomic E-state index is -4.68. The summed E-state index contributed by atoms with van der Waals surface area (Å²) < 4.78 is 67.3.